The molecule has 21 heavy (non-hydrogen) atoms. The molecule has 110 valence electrons. The molecule has 0 heterocycles. The Hall–Kier alpha value is -1.30. The molecule has 0 fully saturated rings. The number of carbonyl (C=O) groups excluding carboxylic acids is 1. The predicted molar refractivity (Wildman–Crippen MR) is 86.7 cm³/mol. The van der Waals surface area contributed by atoms with Crippen LogP contribution in [0, 0.1) is 0 Å². The zero-order chi connectivity index (χ0) is 14.8. The second-order valence-electron chi connectivity index (χ2n) is 4.76. The standard InChI is InChI=1S/C18H20O2Te/c19-18(20-15-16-9-3-1-4-10-16)13-7-8-14-21-17-11-5-2-6-12-17/h1-6,9-12H,7-8,13-15H2. The fourth-order valence-electron chi connectivity index (χ4n) is 1.89. The fourth-order valence-corrected chi connectivity index (χ4v) is 4.55. The van der Waals surface area contributed by atoms with E-state index in [0.717, 1.165) is 18.4 Å². The summed E-state index contributed by atoms with van der Waals surface area (Å²) in [6, 6.07) is 20.5. The molecule has 0 aromatic heterocycles. The molecule has 0 unspecified atom stereocenters. The quantitative estimate of drug-likeness (QED) is 0.389. The van der Waals surface area contributed by atoms with E-state index in [4.69, 9.17) is 4.74 Å². The zero-order valence-corrected chi connectivity index (χ0v) is 14.4. The van der Waals surface area contributed by atoms with Crippen LogP contribution in [0.4, 0.5) is 0 Å². The van der Waals surface area contributed by atoms with Crippen molar-refractivity contribution in [3.63, 3.8) is 0 Å². The van der Waals surface area contributed by atoms with Crippen molar-refractivity contribution in [2.24, 2.45) is 0 Å². The third-order valence-electron chi connectivity index (χ3n) is 3.03. The van der Waals surface area contributed by atoms with Crippen LogP contribution in [0.1, 0.15) is 24.8 Å². The van der Waals surface area contributed by atoms with Crippen LogP contribution in [0.2, 0.25) is 4.47 Å². The van der Waals surface area contributed by atoms with Crippen LogP contribution in [-0.4, -0.2) is 26.9 Å². The number of hydrogen-bond acceptors (Lipinski definition) is 2. The average molecular weight is 396 g/mol. The summed E-state index contributed by atoms with van der Waals surface area (Å²) in [5.74, 6) is -0.0841. The van der Waals surface area contributed by atoms with E-state index in [-0.39, 0.29) is 26.9 Å². The van der Waals surface area contributed by atoms with Gasteiger partial charge in [-0.25, -0.2) is 0 Å². The average Bonchev–Trinajstić information content (AvgIpc) is 2.54. The van der Waals surface area contributed by atoms with E-state index in [2.05, 4.69) is 30.3 Å². The minimum atomic E-state index is -0.0841. The third kappa shape index (κ3) is 6.80. The van der Waals surface area contributed by atoms with E-state index in [1.54, 1.807) is 0 Å². The van der Waals surface area contributed by atoms with Crippen molar-refractivity contribution in [3.8, 4) is 0 Å². The molecule has 0 aliphatic carbocycles. The Labute approximate surface area is 136 Å². The first kappa shape index (κ1) is 16.1. The molecule has 0 atom stereocenters. The van der Waals surface area contributed by atoms with Crippen LogP contribution in [0.25, 0.3) is 0 Å². The van der Waals surface area contributed by atoms with E-state index >= 15 is 0 Å². The van der Waals surface area contributed by atoms with Crippen molar-refractivity contribution in [1.82, 2.24) is 0 Å². The Morgan fingerprint density at radius 1 is 0.905 bits per heavy atom. The van der Waals surface area contributed by atoms with E-state index < -0.39 is 0 Å². The molecule has 0 aliphatic heterocycles. The molecule has 0 radical (unpaired) electrons. The van der Waals surface area contributed by atoms with Crippen molar-refractivity contribution in [2.45, 2.75) is 30.3 Å². The number of unbranched alkanes of at least 4 members (excludes halogenated alkanes) is 1. The number of esters is 1. The summed E-state index contributed by atoms with van der Waals surface area (Å²) in [5, 5.41) is 0. The molecule has 0 spiro atoms. The van der Waals surface area contributed by atoms with E-state index in [1.165, 1.54) is 8.08 Å². The van der Waals surface area contributed by atoms with Crippen molar-refractivity contribution in [2.75, 3.05) is 0 Å². The SMILES string of the molecule is O=C(CCCC[Te]c1ccccc1)OCc1ccccc1. The first-order valence-corrected chi connectivity index (χ1v) is 10.0. The first-order chi connectivity index (χ1) is 10.3. The summed E-state index contributed by atoms with van der Waals surface area (Å²) < 4.78 is 8.01. The topological polar surface area (TPSA) is 26.3 Å². The van der Waals surface area contributed by atoms with Crippen LogP contribution in [0.15, 0.2) is 60.7 Å². The van der Waals surface area contributed by atoms with Gasteiger partial charge < -0.3 is 0 Å². The van der Waals surface area contributed by atoms with Crippen molar-refractivity contribution in [3.05, 3.63) is 66.2 Å². The number of ether oxygens (including phenoxy) is 1. The van der Waals surface area contributed by atoms with E-state index in [9.17, 15) is 4.79 Å². The Bertz CT molecular complexity index is 525. The molecule has 2 aromatic carbocycles. The Balaban J connectivity index is 1.53. The summed E-state index contributed by atoms with van der Waals surface area (Å²) >= 11 is -0.0820. The van der Waals surface area contributed by atoms with Gasteiger partial charge in [0, 0.05) is 0 Å². The van der Waals surface area contributed by atoms with Gasteiger partial charge in [-0.1, -0.05) is 0 Å². The van der Waals surface area contributed by atoms with Gasteiger partial charge in [0.05, 0.1) is 0 Å². The molecule has 0 amide bonds. The van der Waals surface area contributed by atoms with E-state index in [0.29, 0.717) is 13.0 Å². The summed E-state index contributed by atoms with van der Waals surface area (Å²) in [6.45, 7) is 0.387. The van der Waals surface area contributed by atoms with E-state index in [1.807, 2.05) is 30.3 Å². The molecular weight excluding hydrogens is 376 g/mol. The maximum atomic E-state index is 11.6. The second kappa shape index (κ2) is 9.60. The van der Waals surface area contributed by atoms with Crippen LogP contribution >= 0.6 is 0 Å². The summed E-state index contributed by atoms with van der Waals surface area (Å²) in [5.41, 5.74) is 1.04. The summed E-state index contributed by atoms with van der Waals surface area (Å²) in [4.78, 5) is 11.6. The first-order valence-electron chi connectivity index (χ1n) is 7.22. The van der Waals surface area contributed by atoms with Crippen LogP contribution < -0.4 is 3.61 Å². The van der Waals surface area contributed by atoms with Gasteiger partial charge in [0.25, 0.3) is 0 Å². The molecule has 2 rings (SSSR count). The van der Waals surface area contributed by atoms with Crippen LogP contribution in [0.3, 0.4) is 0 Å². The van der Waals surface area contributed by atoms with Gasteiger partial charge in [-0.05, 0) is 0 Å². The molecular formula is C18H20O2Te. The van der Waals surface area contributed by atoms with Gasteiger partial charge in [-0.2, -0.15) is 0 Å². The molecule has 3 heteroatoms. The normalized spacial score (nSPS) is 10.3. The molecule has 0 saturated heterocycles. The molecule has 0 bridgehead atoms. The monoisotopic (exact) mass is 398 g/mol. The van der Waals surface area contributed by atoms with Gasteiger partial charge in [-0.3, -0.25) is 0 Å². The van der Waals surface area contributed by atoms with Crippen LogP contribution in [0.5, 0.6) is 0 Å². The number of carbonyl (C=O) groups is 1. The van der Waals surface area contributed by atoms with Gasteiger partial charge >= 0.3 is 137 Å². The summed E-state index contributed by atoms with van der Waals surface area (Å²) in [6.07, 6.45) is 2.59. The Morgan fingerprint density at radius 2 is 1.57 bits per heavy atom. The fraction of sp³-hybridized carbons (Fsp3) is 0.278. The molecule has 0 aliphatic rings. The molecule has 0 N–H and O–H groups in total. The van der Waals surface area contributed by atoms with Gasteiger partial charge in [-0.15, -0.1) is 0 Å². The zero-order valence-electron chi connectivity index (χ0n) is 12.0. The molecule has 2 nitrogen and oxygen atoms in total. The minimum absolute atomic E-state index is 0.0820. The molecule has 0 saturated carbocycles. The Kier molecular flexibility index (Phi) is 7.35. The number of hydrogen-bond donors (Lipinski definition) is 0. The summed E-state index contributed by atoms with van der Waals surface area (Å²) in [7, 11) is 0. The van der Waals surface area contributed by atoms with Crippen molar-refractivity contribution < 1.29 is 9.53 Å². The third-order valence-corrected chi connectivity index (χ3v) is 6.16. The van der Waals surface area contributed by atoms with Gasteiger partial charge in [0.1, 0.15) is 0 Å². The Morgan fingerprint density at radius 3 is 2.29 bits per heavy atom. The van der Waals surface area contributed by atoms with Crippen molar-refractivity contribution in [1.29, 1.82) is 0 Å². The number of rotatable bonds is 8. The maximum absolute atomic E-state index is 11.6. The van der Waals surface area contributed by atoms with Gasteiger partial charge in [0.15, 0.2) is 0 Å². The van der Waals surface area contributed by atoms with Crippen LogP contribution in [-0.2, 0) is 16.1 Å². The molecule has 2 aromatic rings. The second-order valence-corrected chi connectivity index (χ2v) is 8.10. The van der Waals surface area contributed by atoms with Crippen molar-refractivity contribution >= 4 is 30.5 Å². The number of benzene rings is 2. The predicted octanol–water partition coefficient (Wildman–Crippen LogP) is 3.35. The van der Waals surface area contributed by atoms with Gasteiger partial charge in [0.2, 0.25) is 0 Å².